The Hall–Kier alpha value is -2.06. The lowest BCUT2D eigenvalue weighted by Gasteiger charge is -2.12. The van der Waals surface area contributed by atoms with E-state index in [1.165, 1.54) is 5.56 Å². The topological polar surface area (TPSA) is 33.4 Å². The van der Waals surface area contributed by atoms with Crippen LogP contribution in [0.2, 0.25) is 0 Å². The van der Waals surface area contributed by atoms with Crippen LogP contribution in [0.3, 0.4) is 0 Å². The van der Waals surface area contributed by atoms with E-state index in [9.17, 15) is 5.11 Å². The van der Waals surface area contributed by atoms with Crippen LogP contribution in [0.1, 0.15) is 35.5 Å². The fourth-order valence-electron chi connectivity index (χ4n) is 2.68. The lowest BCUT2D eigenvalue weighted by atomic mass is 9.97. The average molecular weight is 266 g/mol. The fraction of sp³-hybridized carbons (Fsp3) is 0.222. The number of benzene rings is 2. The second-order valence-corrected chi connectivity index (χ2v) is 5.07. The molecule has 0 aliphatic rings. The Morgan fingerprint density at radius 1 is 1.10 bits per heavy atom. The van der Waals surface area contributed by atoms with Gasteiger partial charge in [0.2, 0.25) is 0 Å². The molecular weight excluding hydrogens is 248 g/mol. The normalized spacial score (nSPS) is 12.8. The number of rotatable bonds is 3. The Balaban J connectivity index is 2.12. The summed E-state index contributed by atoms with van der Waals surface area (Å²) in [6, 6.07) is 15.9. The lowest BCUT2D eigenvalue weighted by molar-refractivity contribution is 0.219. The van der Waals surface area contributed by atoms with Gasteiger partial charge in [0, 0.05) is 10.9 Å². The molecule has 1 N–H and O–H groups in total. The summed E-state index contributed by atoms with van der Waals surface area (Å²) in [6.45, 7) is 4.02. The first-order valence-corrected chi connectivity index (χ1v) is 6.95. The van der Waals surface area contributed by atoms with Gasteiger partial charge in [-0.05, 0) is 30.5 Å². The van der Waals surface area contributed by atoms with E-state index in [0.717, 1.165) is 34.3 Å². The van der Waals surface area contributed by atoms with Gasteiger partial charge >= 0.3 is 0 Å². The standard InChI is InChI=1S/C18H18O2/c1-3-13-7-6-8-14(11-13)18(19)17-12(2)20-16-10-5-4-9-15(16)17/h4-11,18-19H,3H2,1-2H3. The zero-order valence-electron chi connectivity index (χ0n) is 11.8. The van der Waals surface area contributed by atoms with Crippen LogP contribution in [-0.4, -0.2) is 5.11 Å². The van der Waals surface area contributed by atoms with E-state index in [2.05, 4.69) is 19.1 Å². The molecule has 0 amide bonds. The highest BCUT2D eigenvalue weighted by molar-refractivity contribution is 5.83. The van der Waals surface area contributed by atoms with Crippen LogP contribution in [0.25, 0.3) is 11.0 Å². The summed E-state index contributed by atoms with van der Waals surface area (Å²) < 4.78 is 5.74. The molecule has 0 spiro atoms. The van der Waals surface area contributed by atoms with Gasteiger partial charge in [-0.2, -0.15) is 0 Å². The van der Waals surface area contributed by atoms with Crippen molar-refractivity contribution in [2.24, 2.45) is 0 Å². The first kappa shape index (κ1) is 12.9. The summed E-state index contributed by atoms with van der Waals surface area (Å²) in [5.41, 5.74) is 3.84. The maximum atomic E-state index is 10.7. The number of aliphatic hydroxyl groups excluding tert-OH is 1. The third-order valence-electron chi connectivity index (χ3n) is 3.77. The largest absolute Gasteiger partial charge is 0.461 e. The molecule has 1 atom stereocenters. The van der Waals surface area contributed by atoms with Gasteiger partial charge in [0.25, 0.3) is 0 Å². The number of hydrogen-bond acceptors (Lipinski definition) is 2. The van der Waals surface area contributed by atoms with Crippen LogP contribution in [0, 0.1) is 6.92 Å². The molecule has 1 aromatic heterocycles. The summed E-state index contributed by atoms with van der Waals surface area (Å²) in [5, 5.41) is 11.7. The maximum absolute atomic E-state index is 10.7. The smallest absolute Gasteiger partial charge is 0.134 e. The molecular formula is C18H18O2. The van der Waals surface area contributed by atoms with Gasteiger partial charge in [0.1, 0.15) is 17.4 Å². The summed E-state index contributed by atoms with van der Waals surface area (Å²) in [6.07, 6.45) is 0.316. The van der Waals surface area contributed by atoms with Gasteiger partial charge < -0.3 is 9.52 Å². The molecule has 0 fully saturated rings. The van der Waals surface area contributed by atoms with E-state index < -0.39 is 6.10 Å². The molecule has 0 saturated heterocycles. The van der Waals surface area contributed by atoms with E-state index in [0.29, 0.717) is 0 Å². The SMILES string of the molecule is CCc1cccc(C(O)c2c(C)oc3ccccc23)c1. The first-order chi connectivity index (χ1) is 9.70. The summed E-state index contributed by atoms with van der Waals surface area (Å²) in [7, 11) is 0. The molecule has 2 heteroatoms. The van der Waals surface area contributed by atoms with Crippen LogP contribution in [-0.2, 0) is 6.42 Å². The minimum absolute atomic E-state index is 0.648. The molecule has 0 bridgehead atoms. The number of para-hydroxylation sites is 1. The van der Waals surface area contributed by atoms with Crippen molar-refractivity contribution in [3.63, 3.8) is 0 Å². The minimum Gasteiger partial charge on any atom is -0.461 e. The van der Waals surface area contributed by atoms with Crippen molar-refractivity contribution in [3.8, 4) is 0 Å². The van der Waals surface area contributed by atoms with Crippen molar-refractivity contribution in [2.45, 2.75) is 26.4 Å². The van der Waals surface area contributed by atoms with Crippen molar-refractivity contribution < 1.29 is 9.52 Å². The van der Waals surface area contributed by atoms with E-state index in [1.807, 2.05) is 43.3 Å². The molecule has 3 rings (SSSR count). The molecule has 0 radical (unpaired) electrons. The van der Waals surface area contributed by atoms with E-state index >= 15 is 0 Å². The number of aryl methyl sites for hydroxylation is 2. The van der Waals surface area contributed by atoms with Crippen LogP contribution < -0.4 is 0 Å². The molecule has 2 nitrogen and oxygen atoms in total. The van der Waals surface area contributed by atoms with Crippen molar-refractivity contribution in [2.75, 3.05) is 0 Å². The van der Waals surface area contributed by atoms with E-state index in [-0.39, 0.29) is 0 Å². The van der Waals surface area contributed by atoms with E-state index in [1.54, 1.807) is 0 Å². The van der Waals surface area contributed by atoms with Crippen molar-refractivity contribution >= 4 is 11.0 Å². The molecule has 0 aliphatic carbocycles. The fourth-order valence-corrected chi connectivity index (χ4v) is 2.68. The molecule has 2 aromatic carbocycles. The number of aliphatic hydroxyl groups is 1. The van der Waals surface area contributed by atoms with Crippen LogP contribution in [0.5, 0.6) is 0 Å². The van der Waals surface area contributed by atoms with Gasteiger partial charge in [-0.25, -0.2) is 0 Å². The molecule has 1 unspecified atom stereocenters. The monoisotopic (exact) mass is 266 g/mol. The summed E-state index contributed by atoms with van der Waals surface area (Å²) >= 11 is 0. The predicted octanol–water partition coefficient (Wildman–Crippen LogP) is 4.39. The van der Waals surface area contributed by atoms with Gasteiger partial charge in [-0.1, -0.05) is 49.4 Å². The summed E-state index contributed by atoms with van der Waals surface area (Å²) in [5.74, 6) is 0.778. The zero-order valence-corrected chi connectivity index (χ0v) is 11.8. The van der Waals surface area contributed by atoms with Crippen molar-refractivity contribution in [1.82, 2.24) is 0 Å². The maximum Gasteiger partial charge on any atom is 0.134 e. The van der Waals surface area contributed by atoms with Gasteiger partial charge in [0.15, 0.2) is 0 Å². The Morgan fingerprint density at radius 2 is 1.90 bits per heavy atom. The zero-order chi connectivity index (χ0) is 14.1. The van der Waals surface area contributed by atoms with E-state index in [4.69, 9.17) is 4.42 Å². The highest BCUT2D eigenvalue weighted by Crippen LogP contribution is 2.34. The Kier molecular flexibility index (Phi) is 3.33. The average Bonchev–Trinajstić information content (AvgIpc) is 2.82. The highest BCUT2D eigenvalue weighted by Gasteiger charge is 2.20. The number of furan rings is 1. The van der Waals surface area contributed by atoms with Crippen molar-refractivity contribution in [1.29, 1.82) is 0 Å². The molecule has 3 aromatic rings. The molecule has 0 saturated carbocycles. The van der Waals surface area contributed by atoms with Crippen LogP contribution in [0.15, 0.2) is 52.9 Å². The third kappa shape index (κ3) is 2.12. The Morgan fingerprint density at radius 3 is 2.70 bits per heavy atom. The van der Waals surface area contributed by atoms with Crippen molar-refractivity contribution in [3.05, 3.63) is 71.0 Å². The quantitative estimate of drug-likeness (QED) is 0.763. The third-order valence-corrected chi connectivity index (χ3v) is 3.77. The molecule has 0 aliphatic heterocycles. The van der Waals surface area contributed by atoms with Gasteiger partial charge in [0.05, 0.1) is 0 Å². The van der Waals surface area contributed by atoms with Gasteiger partial charge in [-0.3, -0.25) is 0 Å². The summed E-state index contributed by atoms with van der Waals surface area (Å²) in [4.78, 5) is 0. The molecule has 20 heavy (non-hydrogen) atoms. The van der Waals surface area contributed by atoms with Crippen LogP contribution >= 0.6 is 0 Å². The number of hydrogen-bond donors (Lipinski definition) is 1. The Bertz CT molecular complexity index is 740. The first-order valence-electron chi connectivity index (χ1n) is 6.95. The number of fused-ring (bicyclic) bond motifs is 1. The minimum atomic E-state index is -0.648. The highest BCUT2D eigenvalue weighted by atomic mass is 16.3. The predicted molar refractivity (Wildman–Crippen MR) is 80.8 cm³/mol. The molecule has 1 heterocycles. The van der Waals surface area contributed by atoms with Gasteiger partial charge in [-0.15, -0.1) is 0 Å². The molecule has 102 valence electrons. The second-order valence-electron chi connectivity index (χ2n) is 5.07. The van der Waals surface area contributed by atoms with Crippen LogP contribution in [0.4, 0.5) is 0 Å². The second kappa shape index (κ2) is 5.14. The Labute approximate surface area is 118 Å². The lowest BCUT2D eigenvalue weighted by Crippen LogP contribution is -2.01.